The van der Waals surface area contributed by atoms with Crippen molar-refractivity contribution in [3.8, 4) is 0 Å². The van der Waals surface area contributed by atoms with Gasteiger partial charge >= 0.3 is 0 Å². The summed E-state index contributed by atoms with van der Waals surface area (Å²) in [7, 11) is 1.62. The van der Waals surface area contributed by atoms with Gasteiger partial charge in [0.1, 0.15) is 5.60 Å². The Morgan fingerprint density at radius 1 is 1.20 bits per heavy atom. The van der Waals surface area contributed by atoms with E-state index in [0.717, 1.165) is 24.8 Å². The number of aliphatic hydroxyl groups is 2. The highest BCUT2D eigenvalue weighted by molar-refractivity contribution is 5.97. The number of allylic oxidation sites excluding steroid dienone is 1. The van der Waals surface area contributed by atoms with Gasteiger partial charge in [-0.2, -0.15) is 0 Å². The summed E-state index contributed by atoms with van der Waals surface area (Å²) in [6, 6.07) is 0. The van der Waals surface area contributed by atoms with Crippen molar-refractivity contribution < 1.29 is 19.7 Å². The molecule has 3 aliphatic carbocycles. The highest BCUT2D eigenvalue weighted by Gasteiger charge is 2.60. The lowest BCUT2D eigenvalue weighted by Crippen LogP contribution is -2.59. The molecular formula is C21H34O4. The maximum absolute atomic E-state index is 13.1. The molecule has 0 saturated heterocycles. The maximum atomic E-state index is 13.1. The van der Waals surface area contributed by atoms with Crippen LogP contribution < -0.4 is 0 Å². The summed E-state index contributed by atoms with van der Waals surface area (Å²) in [5, 5.41) is 21.2. The van der Waals surface area contributed by atoms with Gasteiger partial charge in [0.05, 0.1) is 11.7 Å². The van der Waals surface area contributed by atoms with E-state index in [1.54, 1.807) is 21.0 Å². The minimum absolute atomic E-state index is 0.0158. The van der Waals surface area contributed by atoms with Crippen LogP contribution in [0, 0.1) is 22.7 Å². The third-order valence-electron chi connectivity index (χ3n) is 7.99. The molecule has 2 N–H and O–H groups in total. The van der Waals surface area contributed by atoms with Crippen molar-refractivity contribution in [3.63, 3.8) is 0 Å². The Labute approximate surface area is 151 Å². The molecule has 0 aromatic carbocycles. The van der Waals surface area contributed by atoms with Crippen LogP contribution in [0.2, 0.25) is 0 Å². The Balaban J connectivity index is 2.06. The summed E-state index contributed by atoms with van der Waals surface area (Å²) in [6.45, 7) is 10.0. The van der Waals surface area contributed by atoms with Crippen LogP contribution in [0.1, 0.15) is 66.7 Å². The lowest BCUT2D eigenvalue weighted by atomic mass is 9.45. The highest BCUT2D eigenvalue weighted by Crippen LogP contribution is 2.63. The van der Waals surface area contributed by atoms with Crippen molar-refractivity contribution in [1.82, 2.24) is 0 Å². The number of methoxy groups -OCH3 is 1. The molecule has 0 bridgehead atoms. The van der Waals surface area contributed by atoms with E-state index < -0.39 is 11.2 Å². The Kier molecular flexibility index (Phi) is 4.30. The van der Waals surface area contributed by atoms with Gasteiger partial charge in [-0.05, 0) is 73.8 Å². The Morgan fingerprint density at radius 3 is 2.40 bits per heavy atom. The number of ether oxygens (including phenoxy) is 1. The topological polar surface area (TPSA) is 66.8 Å². The first-order valence-corrected chi connectivity index (χ1v) is 9.60. The van der Waals surface area contributed by atoms with Crippen LogP contribution in [0.4, 0.5) is 0 Å². The van der Waals surface area contributed by atoms with Crippen molar-refractivity contribution in [1.29, 1.82) is 0 Å². The van der Waals surface area contributed by atoms with E-state index in [-0.39, 0.29) is 34.6 Å². The third-order valence-corrected chi connectivity index (χ3v) is 7.99. The molecule has 0 heterocycles. The molecule has 4 heteroatoms. The second-order valence-electron chi connectivity index (χ2n) is 9.91. The molecule has 2 fully saturated rings. The zero-order valence-electron chi connectivity index (χ0n) is 16.6. The number of rotatable bonds is 2. The second-order valence-corrected chi connectivity index (χ2v) is 9.91. The van der Waals surface area contributed by atoms with E-state index in [2.05, 4.69) is 20.8 Å². The van der Waals surface area contributed by atoms with E-state index in [1.807, 2.05) is 6.08 Å². The number of hydrogen-bond donors (Lipinski definition) is 2. The standard InChI is InChI=1S/C21H34O4/c1-18(2)16-11-15(22)13-12-21(25-6,19(3,4)24)10-7-14(13)20(16,5)9-8-17(18)23/h12,14,16-17,23-24H,7-11H2,1-6H3/t14-,16-,17-,20+,21+/m1/s1. The zero-order chi connectivity index (χ0) is 18.8. The van der Waals surface area contributed by atoms with Gasteiger partial charge in [0.15, 0.2) is 5.78 Å². The highest BCUT2D eigenvalue weighted by atomic mass is 16.5. The summed E-state index contributed by atoms with van der Waals surface area (Å²) in [4.78, 5) is 13.1. The molecule has 2 saturated carbocycles. The Morgan fingerprint density at radius 2 is 1.84 bits per heavy atom. The largest absolute Gasteiger partial charge is 0.393 e. The fourth-order valence-electron chi connectivity index (χ4n) is 6.08. The minimum atomic E-state index is -1.04. The van der Waals surface area contributed by atoms with Crippen molar-refractivity contribution in [2.24, 2.45) is 22.7 Å². The number of hydrogen-bond acceptors (Lipinski definition) is 4. The van der Waals surface area contributed by atoms with Crippen molar-refractivity contribution in [3.05, 3.63) is 11.6 Å². The molecule has 0 spiro atoms. The van der Waals surface area contributed by atoms with Crippen LogP contribution in [0.3, 0.4) is 0 Å². The van der Waals surface area contributed by atoms with Gasteiger partial charge in [0.25, 0.3) is 0 Å². The lowest BCUT2D eigenvalue weighted by Gasteiger charge is -2.60. The second kappa shape index (κ2) is 5.64. The fraction of sp³-hybridized carbons (Fsp3) is 0.857. The smallest absolute Gasteiger partial charge is 0.159 e. The van der Waals surface area contributed by atoms with Crippen LogP contribution >= 0.6 is 0 Å². The molecule has 0 unspecified atom stereocenters. The summed E-state index contributed by atoms with van der Waals surface area (Å²) < 4.78 is 5.75. The summed E-state index contributed by atoms with van der Waals surface area (Å²) in [5.41, 5.74) is -1.23. The van der Waals surface area contributed by atoms with Gasteiger partial charge in [0.2, 0.25) is 0 Å². The predicted molar refractivity (Wildman–Crippen MR) is 97.1 cm³/mol. The van der Waals surface area contributed by atoms with E-state index in [0.29, 0.717) is 12.8 Å². The fourth-order valence-corrected chi connectivity index (χ4v) is 6.08. The first kappa shape index (κ1) is 19.1. The third kappa shape index (κ3) is 2.55. The normalized spacial score (nSPS) is 43.9. The minimum Gasteiger partial charge on any atom is -0.393 e. The Bertz CT molecular complexity index is 600. The summed E-state index contributed by atoms with van der Waals surface area (Å²) >= 11 is 0. The van der Waals surface area contributed by atoms with Gasteiger partial charge in [-0.1, -0.05) is 20.8 Å². The molecule has 25 heavy (non-hydrogen) atoms. The summed E-state index contributed by atoms with van der Waals surface area (Å²) in [6.07, 6.45) is 5.35. The van der Waals surface area contributed by atoms with E-state index in [1.165, 1.54) is 0 Å². The van der Waals surface area contributed by atoms with Crippen molar-refractivity contribution in [2.45, 2.75) is 84.0 Å². The van der Waals surface area contributed by atoms with Crippen LogP contribution in [0.5, 0.6) is 0 Å². The molecule has 5 atom stereocenters. The van der Waals surface area contributed by atoms with Crippen molar-refractivity contribution >= 4 is 5.78 Å². The van der Waals surface area contributed by atoms with E-state index in [4.69, 9.17) is 4.74 Å². The van der Waals surface area contributed by atoms with E-state index in [9.17, 15) is 15.0 Å². The van der Waals surface area contributed by atoms with Crippen molar-refractivity contribution in [2.75, 3.05) is 7.11 Å². The SMILES string of the molecule is CO[C@]1(C(C)(C)O)C=C2C(=O)C[C@@H]3C(C)(C)[C@H](O)CC[C@@]3(C)[C@@H]2CC1. The number of ketones is 1. The zero-order valence-corrected chi connectivity index (χ0v) is 16.6. The average Bonchev–Trinajstić information content (AvgIpc) is 2.53. The Hall–Kier alpha value is -0.710. The van der Waals surface area contributed by atoms with E-state index >= 15 is 0 Å². The average molecular weight is 350 g/mol. The summed E-state index contributed by atoms with van der Waals surface area (Å²) in [5.74, 6) is 0.548. The predicted octanol–water partition coefficient (Wildman–Crippen LogP) is 3.26. The van der Waals surface area contributed by atoms with Gasteiger partial charge < -0.3 is 14.9 Å². The number of fused-ring (bicyclic) bond motifs is 3. The molecular weight excluding hydrogens is 316 g/mol. The van der Waals surface area contributed by atoms with Gasteiger partial charge in [-0.3, -0.25) is 4.79 Å². The van der Waals surface area contributed by atoms with Gasteiger partial charge in [-0.15, -0.1) is 0 Å². The maximum Gasteiger partial charge on any atom is 0.159 e. The van der Waals surface area contributed by atoms with Crippen LogP contribution in [-0.2, 0) is 9.53 Å². The molecule has 0 aromatic heterocycles. The monoisotopic (exact) mass is 350 g/mol. The van der Waals surface area contributed by atoms with Crippen LogP contribution in [0.25, 0.3) is 0 Å². The number of carbonyl (C=O) groups excluding carboxylic acids is 1. The molecule has 3 rings (SSSR count). The van der Waals surface area contributed by atoms with Crippen LogP contribution in [-0.4, -0.2) is 40.4 Å². The lowest BCUT2D eigenvalue weighted by molar-refractivity contribution is -0.160. The first-order chi connectivity index (χ1) is 11.4. The molecule has 0 aromatic rings. The van der Waals surface area contributed by atoms with Crippen LogP contribution in [0.15, 0.2) is 11.6 Å². The number of aliphatic hydroxyl groups excluding tert-OH is 1. The number of Topliss-reactive ketones (excluding diaryl/α,β-unsaturated/α-hetero) is 1. The molecule has 142 valence electrons. The van der Waals surface area contributed by atoms with Gasteiger partial charge in [0, 0.05) is 13.5 Å². The molecule has 0 aliphatic heterocycles. The quantitative estimate of drug-likeness (QED) is 0.802. The molecule has 3 aliphatic rings. The number of carbonyl (C=O) groups is 1. The van der Waals surface area contributed by atoms with Gasteiger partial charge in [-0.25, -0.2) is 0 Å². The first-order valence-electron chi connectivity index (χ1n) is 9.60. The molecule has 0 amide bonds. The molecule has 4 nitrogen and oxygen atoms in total. The molecule has 0 radical (unpaired) electrons.